The molecule has 0 aromatic heterocycles. The molecule has 0 atom stereocenters. The van der Waals surface area contributed by atoms with Crippen LogP contribution in [0.25, 0.3) is 0 Å². The summed E-state index contributed by atoms with van der Waals surface area (Å²) in [6, 6.07) is 0. The zero-order valence-corrected chi connectivity index (χ0v) is 12.0. The first-order chi connectivity index (χ1) is 7.74. The number of nitrogens with zero attached hydrogens (tertiary/aromatic N) is 2. The second-order valence-corrected chi connectivity index (χ2v) is 4.80. The van der Waals surface area contributed by atoms with Gasteiger partial charge in [-0.2, -0.15) is 0 Å². The van der Waals surface area contributed by atoms with Gasteiger partial charge >= 0.3 is 0 Å². The van der Waals surface area contributed by atoms with Gasteiger partial charge in [-0.1, -0.05) is 27.2 Å². The van der Waals surface area contributed by atoms with E-state index in [1.807, 2.05) is 0 Å². The minimum absolute atomic E-state index is 1.21. The number of hydrogen-bond acceptors (Lipinski definition) is 2. The van der Waals surface area contributed by atoms with Crippen LogP contribution in [0.3, 0.4) is 0 Å². The number of hydrogen-bond donors (Lipinski definition) is 0. The molecular weight excluding hydrogens is 196 g/mol. The smallest absolute Gasteiger partial charge is 0.00184 e. The van der Waals surface area contributed by atoms with Crippen molar-refractivity contribution in [2.75, 3.05) is 39.8 Å². The van der Waals surface area contributed by atoms with E-state index in [9.17, 15) is 0 Å². The molecule has 0 saturated carbocycles. The predicted octanol–water partition coefficient (Wildman–Crippen LogP) is 3.23. The zero-order valence-electron chi connectivity index (χ0n) is 12.0. The van der Waals surface area contributed by atoms with Gasteiger partial charge in [0, 0.05) is 0 Å². The van der Waals surface area contributed by atoms with E-state index in [1.165, 1.54) is 64.8 Å². The predicted molar refractivity (Wildman–Crippen MR) is 74.0 cm³/mol. The molecule has 0 aliphatic heterocycles. The third-order valence-corrected chi connectivity index (χ3v) is 3.14. The van der Waals surface area contributed by atoms with Crippen LogP contribution < -0.4 is 0 Å². The van der Waals surface area contributed by atoms with Crippen molar-refractivity contribution in [3.8, 4) is 0 Å². The van der Waals surface area contributed by atoms with E-state index < -0.39 is 0 Å². The van der Waals surface area contributed by atoms with Crippen LogP contribution in [0.2, 0.25) is 0 Å². The third-order valence-electron chi connectivity index (χ3n) is 3.14. The second-order valence-electron chi connectivity index (χ2n) is 4.80. The molecule has 16 heavy (non-hydrogen) atoms. The Bertz CT molecular complexity index is 137. The second kappa shape index (κ2) is 11.4. The third kappa shape index (κ3) is 9.17. The highest BCUT2D eigenvalue weighted by molar-refractivity contribution is 4.57. The lowest BCUT2D eigenvalue weighted by Crippen LogP contribution is -2.27. The molecule has 0 unspecified atom stereocenters. The summed E-state index contributed by atoms with van der Waals surface area (Å²) >= 11 is 0. The Morgan fingerprint density at radius 2 is 1.31 bits per heavy atom. The van der Waals surface area contributed by atoms with E-state index in [4.69, 9.17) is 0 Å². The lowest BCUT2D eigenvalue weighted by atomic mass is 10.2. The van der Waals surface area contributed by atoms with Crippen molar-refractivity contribution in [2.24, 2.45) is 0 Å². The highest BCUT2D eigenvalue weighted by atomic mass is 15.1. The van der Waals surface area contributed by atoms with Crippen LogP contribution in [0.1, 0.15) is 52.9 Å². The first kappa shape index (κ1) is 15.9. The van der Waals surface area contributed by atoms with Gasteiger partial charge in [0.1, 0.15) is 0 Å². The summed E-state index contributed by atoms with van der Waals surface area (Å²) in [6.07, 6.45) is 6.64. The van der Waals surface area contributed by atoms with E-state index in [2.05, 4.69) is 37.6 Å². The van der Waals surface area contributed by atoms with Crippen molar-refractivity contribution in [1.82, 2.24) is 9.80 Å². The van der Waals surface area contributed by atoms with Crippen LogP contribution in [-0.4, -0.2) is 49.6 Å². The van der Waals surface area contributed by atoms with Crippen LogP contribution in [0.15, 0.2) is 0 Å². The Morgan fingerprint density at radius 1 is 0.688 bits per heavy atom. The fraction of sp³-hybridized carbons (Fsp3) is 1.00. The summed E-state index contributed by atoms with van der Waals surface area (Å²) in [4.78, 5) is 5.03. The van der Waals surface area contributed by atoms with Gasteiger partial charge in [-0.3, -0.25) is 0 Å². The summed E-state index contributed by atoms with van der Waals surface area (Å²) in [7, 11) is 2.23. The van der Waals surface area contributed by atoms with Crippen LogP contribution in [-0.2, 0) is 0 Å². The molecule has 0 saturated heterocycles. The number of rotatable bonds is 11. The molecule has 0 fully saturated rings. The zero-order chi connectivity index (χ0) is 12.2. The standard InChI is InChI=1S/C14H32N2/c1-5-8-13-16(7-3)14-10-9-12-15(4)11-6-2/h5-14H2,1-4H3. The van der Waals surface area contributed by atoms with Crippen LogP contribution in [0, 0.1) is 0 Å². The fourth-order valence-electron chi connectivity index (χ4n) is 2.02. The van der Waals surface area contributed by atoms with Crippen LogP contribution in [0.5, 0.6) is 0 Å². The molecule has 0 heterocycles. The minimum atomic E-state index is 1.21. The van der Waals surface area contributed by atoms with Gasteiger partial charge in [0.2, 0.25) is 0 Å². The molecule has 0 aliphatic carbocycles. The van der Waals surface area contributed by atoms with E-state index in [1.54, 1.807) is 0 Å². The average Bonchev–Trinajstić information content (AvgIpc) is 2.28. The molecule has 0 aliphatic rings. The first-order valence-corrected chi connectivity index (χ1v) is 7.15. The Hall–Kier alpha value is -0.0800. The molecule has 0 radical (unpaired) electrons. The fourth-order valence-corrected chi connectivity index (χ4v) is 2.02. The molecule has 0 spiro atoms. The van der Waals surface area contributed by atoms with Gasteiger partial charge in [-0.05, 0) is 65.5 Å². The van der Waals surface area contributed by atoms with Crippen LogP contribution >= 0.6 is 0 Å². The van der Waals surface area contributed by atoms with Gasteiger partial charge < -0.3 is 9.80 Å². The summed E-state index contributed by atoms with van der Waals surface area (Å²) in [5.74, 6) is 0. The molecule has 0 aromatic rings. The molecule has 2 heteroatoms. The number of unbranched alkanes of at least 4 members (excludes halogenated alkanes) is 2. The van der Waals surface area contributed by atoms with Gasteiger partial charge in [-0.15, -0.1) is 0 Å². The summed E-state index contributed by atoms with van der Waals surface area (Å²) < 4.78 is 0. The normalized spacial score (nSPS) is 11.6. The van der Waals surface area contributed by atoms with Crippen molar-refractivity contribution >= 4 is 0 Å². The molecule has 0 amide bonds. The van der Waals surface area contributed by atoms with Crippen molar-refractivity contribution in [3.05, 3.63) is 0 Å². The Balaban J connectivity index is 3.39. The van der Waals surface area contributed by atoms with E-state index in [0.717, 1.165) is 0 Å². The maximum Gasteiger partial charge on any atom is -0.00184 e. The van der Waals surface area contributed by atoms with Crippen molar-refractivity contribution in [2.45, 2.75) is 52.9 Å². The van der Waals surface area contributed by atoms with Gasteiger partial charge in [0.25, 0.3) is 0 Å². The summed E-state index contributed by atoms with van der Waals surface area (Å²) in [6.45, 7) is 13.1. The van der Waals surface area contributed by atoms with Gasteiger partial charge in [-0.25, -0.2) is 0 Å². The maximum absolute atomic E-state index is 2.59. The van der Waals surface area contributed by atoms with E-state index in [-0.39, 0.29) is 0 Å². The van der Waals surface area contributed by atoms with E-state index >= 15 is 0 Å². The highest BCUT2D eigenvalue weighted by Gasteiger charge is 2.01. The molecule has 0 N–H and O–H groups in total. The summed E-state index contributed by atoms with van der Waals surface area (Å²) in [5.41, 5.74) is 0. The van der Waals surface area contributed by atoms with Crippen molar-refractivity contribution < 1.29 is 0 Å². The highest BCUT2D eigenvalue weighted by Crippen LogP contribution is 2.00. The Kier molecular flexibility index (Phi) is 11.3. The largest absolute Gasteiger partial charge is 0.306 e. The topological polar surface area (TPSA) is 6.48 Å². The lowest BCUT2D eigenvalue weighted by Gasteiger charge is -2.21. The monoisotopic (exact) mass is 228 g/mol. The quantitative estimate of drug-likeness (QED) is 0.501. The SMILES string of the molecule is CCCCN(CC)CCCCN(C)CCC. The molecular formula is C14H32N2. The van der Waals surface area contributed by atoms with Gasteiger partial charge in [0.05, 0.1) is 0 Å². The first-order valence-electron chi connectivity index (χ1n) is 7.15. The van der Waals surface area contributed by atoms with E-state index in [0.29, 0.717) is 0 Å². The van der Waals surface area contributed by atoms with Gasteiger partial charge in [0.15, 0.2) is 0 Å². The van der Waals surface area contributed by atoms with Crippen LogP contribution in [0.4, 0.5) is 0 Å². The lowest BCUT2D eigenvalue weighted by molar-refractivity contribution is 0.263. The maximum atomic E-state index is 2.59. The minimum Gasteiger partial charge on any atom is -0.306 e. The van der Waals surface area contributed by atoms with Crippen molar-refractivity contribution in [3.63, 3.8) is 0 Å². The molecule has 0 bridgehead atoms. The molecule has 0 aromatic carbocycles. The Morgan fingerprint density at radius 3 is 1.88 bits per heavy atom. The molecule has 2 nitrogen and oxygen atoms in total. The Labute approximate surface area is 103 Å². The molecule has 0 rings (SSSR count). The molecule has 98 valence electrons. The average molecular weight is 228 g/mol. The van der Waals surface area contributed by atoms with Crippen molar-refractivity contribution in [1.29, 1.82) is 0 Å². The summed E-state index contributed by atoms with van der Waals surface area (Å²) in [5, 5.41) is 0.